The molecule has 1 saturated heterocycles. The number of benzene rings is 1. The van der Waals surface area contributed by atoms with Gasteiger partial charge in [0.1, 0.15) is 5.76 Å². The molecule has 0 atom stereocenters. The van der Waals surface area contributed by atoms with Gasteiger partial charge in [0.25, 0.3) is 0 Å². The highest BCUT2D eigenvalue weighted by Gasteiger charge is 2.11. The van der Waals surface area contributed by atoms with Crippen LogP contribution >= 0.6 is 12.2 Å². The normalized spacial score (nSPS) is 14.5. The molecule has 0 unspecified atom stereocenters. The van der Waals surface area contributed by atoms with Crippen LogP contribution in [0.1, 0.15) is 30.6 Å². The van der Waals surface area contributed by atoms with Gasteiger partial charge >= 0.3 is 0 Å². The van der Waals surface area contributed by atoms with Crippen molar-refractivity contribution in [1.29, 1.82) is 0 Å². The lowest BCUT2D eigenvalue weighted by atomic mass is 10.1. The summed E-state index contributed by atoms with van der Waals surface area (Å²) >= 11 is 5.44. The lowest BCUT2D eigenvalue weighted by Gasteiger charge is -2.29. The van der Waals surface area contributed by atoms with Gasteiger partial charge in [-0.1, -0.05) is 12.1 Å². The van der Waals surface area contributed by atoms with E-state index in [2.05, 4.69) is 34.5 Å². The van der Waals surface area contributed by atoms with E-state index in [9.17, 15) is 0 Å². The Morgan fingerprint density at radius 1 is 1.17 bits per heavy atom. The van der Waals surface area contributed by atoms with Crippen LogP contribution in [-0.2, 0) is 13.1 Å². The molecule has 2 aromatic rings. The summed E-state index contributed by atoms with van der Waals surface area (Å²) in [5.41, 5.74) is 2.60. The van der Waals surface area contributed by atoms with E-state index in [4.69, 9.17) is 16.6 Å². The van der Waals surface area contributed by atoms with Crippen molar-refractivity contribution in [3.63, 3.8) is 0 Å². The number of thiocarbonyl (C=S) groups is 1. The first-order valence-corrected chi connectivity index (χ1v) is 8.98. The second-order valence-corrected chi connectivity index (χ2v) is 6.69. The average molecular weight is 343 g/mol. The number of piperidine rings is 1. The van der Waals surface area contributed by atoms with Crippen LogP contribution < -0.4 is 10.2 Å². The Bertz CT molecular complexity index is 633. The Morgan fingerprint density at radius 2 is 1.92 bits per heavy atom. The van der Waals surface area contributed by atoms with Gasteiger partial charge in [0.15, 0.2) is 5.11 Å². The Kier molecular flexibility index (Phi) is 5.75. The van der Waals surface area contributed by atoms with Crippen LogP contribution in [0.5, 0.6) is 0 Å². The smallest absolute Gasteiger partial charge is 0.169 e. The van der Waals surface area contributed by atoms with Gasteiger partial charge in [-0.25, -0.2) is 0 Å². The molecule has 0 amide bonds. The van der Waals surface area contributed by atoms with Crippen LogP contribution in [0.25, 0.3) is 0 Å². The fourth-order valence-electron chi connectivity index (χ4n) is 3.02. The van der Waals surface area contributed by atoms with Crippen LogP contribution in [0.3, 0.4) is 0 Å². The average Bonchev–Trinajstić information content (AvgIpc) is 3.14. The molecule has 0 saturated carbocycles. The molecule has 1 aromatic carbocycles. The number of rotatable bonds is 5. The van der Waals surface area contributed by atoms with Crippen LogP contribution in [0, 0.1) is 0 Å². The van der Waals surface area contributed by atoms with E-state index in [-0.39, 0.29) is 0 Å². The maximum Gasteiger partial charge on any atom is 0.169 e. The first-order valence-electron chi connectivity index (χ1n) is 8.57. The SMILES string of the molecule is CN(Cc1ccc(N2CCCCC2)cc1)C(=S)NCc1ccco1. The lowest BCUT2D eigenvalue weighted by Crippen LogP contribution is -2.36. The van der Waals surface area contributed by atoms with Crippen LogP contribution in [0.15, 0.2) is 47.1 Å². The minimum Gasteiger partial charge on any atom is -0.467 e. The summed E-state index contributed by atoms with van der Waals surface area (Å²) in [6.45, 7) is 3.77. The summed E-state index contributed by atoms with van der Waals surface area (Å²) in [4.78, 5) is 4.53. The monoisotopic (exact) mass is 343 g/mol. The van der Waals surface area contributed by atoms with Gasteiger partial charge in [-0.3, -0.25) is 0 Å². The van der Waals surface area contributed by atoms with Crippen molar-refractivity contribution in [3.05, 3.63) is 54.0 Å². The molecule has 3 rings (SSSR count). The number of hydrogen-bond acceptors (Lipinski definition) is 3. The van der Waals surface area contributed by atoms with E-state index in [1.165, 1.54) is 43.6 Å². The first-order chi connectivity index (χ1) is 11.7. The van der Waals surface area contributed by atoms with Crippen molar-refractivity contribution in [1.82, 2.24) is 10.2 Å². The van der Waals surface area contributed by atoms with Crippen LogP contribution in [0.2, 0.25) is 0 Å². The second kappa shape index (κ2) is 8.20. The van der Waals surface area contributed by atoms with Crippen molar-refractivity contribution in [3.8, 4) is 0 Å². The zero-order valence-corrected chi connectivity index (χ0v) is 15.0. The van der Waals surface area contributed by atoms with Gasteiger partial charge < -0.3 is 19.5 Å². The zero-order valence-electron chi connectivity index (χ0n) is 14.2. The molecule has 1 aliphatic rings. The molecular weight excluding hydrogens is 318 g/mol. The Labute approximate surface area is 149 Å². The lowest BCUT2D eigenvalue weighted by molar-refractivity contribution is 0.468. The van der Waals surface area contributed by atoms with E-state index in [0.717, 1.165) is 17.4 Å². The largest absolute Gasteiger partial charge is 0.467 e. The molecule has 4 nitrogen and oxygen atoms in total. The fraction of sp³-hybridized carbons (Fsp3) is 0.421. The van der Waals surface area contributed by atoms with Gasteiger partial charge in [-0.05, 0) is 61.3 Å². The maximum atomic E-state index is 5.44. The number of hydrogen-bond donors (Lipinski definition) is 1. The third-order valence-corrected chi connectivity index (χ3v) is 4.87. The molecule has 0 spiro atoms. The Hall–Kier alpha value is -2.01. The molecule has 1 fully saturated rings. The molecule has 1 N–H and O–H groups in total. The minimum atomic E-state index is 0.615. The summed E-state index contributed by atoms with van der Waals surface area (Å²) in [7, 11) is 2.01. The van der Waals surface area contributed by atoms with Gasteiger partial charge in [0.05, 0.1) is 12.8 Å². The molecule has 24 heavy (non-hydrogen) atoms. The number of nitrogens with zero attached hydrogens (tertiary/aromatic N) is 2. The van der Waals surface area contributed by atoms with E-state index >= 15 is 0 Å². The van der Waals surface area contributed by atoms with E-state index in [1.807, 2.05) is 24.1 Å². The Balaban J connectivity index is 1.50. The molecule has 128 valence electrons. The molecule has 0 aliphatic carbocycles. The van der Waals surface area contributed by atoms with Crippen molar-refractivity contribution in [2.24, 2.45) is 0 Å². The third kappa shape index (κ3) is 4.51. The molecule has 1 aromatic heterocycles. The summed E-state index contributed by atoms with van der Waals surface area (Å²) in [6, 6.07) is 12.7. The number of anilines is 1. The third-order valence-electron chi connectivity index (χ3n) is 4.42. The maximum absolute atomic E-state index is 5.44. The summed E-state index contributed by atoms with van der Waals surface area (Å²) in [5.74, 6) is 0.886. The second-order valence-electron chi connectivity index (χ2n) is 6.31. The fourth-order valence-corrected chi connectivity index (χ4v) is 3.16. The quantitative estimate of drug-likeness (QED) is 0.835. The summed E-state index contributed by atoms with van der Waals surface area (Å²) in [5, 5.41) is 3.95. The Morgan fingerprint density at radius 3 is 2.58 bits per heavy atom. The molecule has 2 heterocycles. The van der Waals surface area contributed by atoms with Crippen molar-refractivity contribution in [2.75, 3.05) is 25.0 Å². The van der Waals surface area contributed by atoms with Crippen LogP contribution in [-0.4, -0.2) is 30.1 Å². The van der Waals surface area contributed by atoms with E-state index < -0.39 is 0 Å². The molecule has 5 heteroatoms. The van der Waals surface area contributed by atoms with Gasteiger partial charge in [0.2, 0.25) is 0 Å². The predicted molar refractivity (Wildman–Crippen MR) is 102 cm³/mol. The van der Waals surface area contributed by atoms with E-state index in [1.54, 1.807) is 6.26 Å². The highest BCUT2D eigenvalue weighted by Crippen LogP contribution is 2.20. The topological polar surface area (TPSA) is 31.6 Å². The van der Waals surface area contributed by atoms with Crippen molar-refractivity contribution in [2.45, 2.75) is 32.4 Å². The molecule has 1 aliphatic heterocycles. The zero-order chi connectivity index (χ0) is 16.8. The van der Waals surface area contributed by atoms with Gasteiger partial charge in [-0.2, -0.15) is 0 Å². The van der Waals surface area contributed by atoms with Gasteiger partial charge in [-0.15, -0.1) is 0 Å². The van der Waals surface area contributed by atoms with Crippen molar-refractivity contribution < 1.29 is 4.42 Å². The number of furan rings is 1. The highest BCUT2D eigenvalue weighted by molar-refractivity contribution is 7.80. The predicted octanol–water partition coefficient (Wildman–Crippen LogP) is 3.78. The number of nitrogens with one attached hydrogen (secondary N) is 1. The molecule has 0 radical (unpaired) electrons. The summed E-state index contributed by atoms with van der Waals surface area (Å²) in [6.07, 6.45) is 5.65. The molecule has 0 bridgehead atoms. The minimum absolute atomic E-state index is 0.615. The summed E-state index contributed by atoms with van der Waals surface area (Å²) < 4.78 is 5.31. The van der Waals surface area contributed by atoms with Gasteiger partial charge in [0, 0.05) is 32.4 Å². The van der Waals surface area contributed by atoms with E-state index in [0.29, 0.717) is 6.54 Å². The highest BCUT2D eigenvalue weighted by atomic mass is 32.1. The van der Waals surface area contributed by atoms with Crippen molar-refractivity contribution >= 4 is 23.0 Å². The first kappa shape index (κ1) is 16.8. The van der Waals surface area contributed by atoms with Crippen LogP contribution in [0.4, 0.5) is 5.69 Å². The molecular formula is C19H25N3OS. The standard InChI is InChI=1S/C19H25N3OS/c1-21(19(24)20-14-18-6-5-13-23-18)15-16-7-9-17(10-8-16)22-11-3-2-4-12-22/h5-10,13H,2-4,11-12,14-15H2,1H3,(H,20,24).